The number of amides is 1. The molecule has 7 nitrogen and oxygen atoms in total. The van der Waals surface area contributed by atoms with E-state index in [1.54, 1.807) is 20.8 Å². The number of carbonyl (C=O) groups is 2. The second-order valence-electron chi connectivity index (χ2n) is 5.18. The lowest BCUT2D eigenvalue weighted by Crippen LogP contribution is -2.33. The highest BCUT2D eigenvalue weighted by atomic mass is 31.1. The molecule has 0 saturated carbocycles. The van der Waals surface area contributed by atoms with Gasteiger partial charge in [-0.15, -0.1) is 4.52 Å². The average Bonchev–Trinajstić information content (AvgIpc) is 2.26. The van der Waals surface area contributed by atoms with Crippen LogP contribution in [-0.4, -0.2) is 38.2 Å². The molecule has 0 bridgehead atoms. The monoisotopic (exact) mass is 308 g/mol. The molecule has 0 aromatic rings. The maximum atomic E-state index is 11.5. The van der Waals surface area contributed by atoms with Crippen molar-refractivity contribution < 1.29 is 28.2 Å². The summed E-state index contributed by atoms with van der Waals surface area (Å²) in [6.07, 6.45) is -1.12. The third-order valence-corrected chi connectivity index (χ3v) is 2.57. The van der Waals surface area contributed by atoms with Crippen molar-refractivity contribution in [2.24, 2.45) is 5.41 Å². The molecule has 0 aliphatic carbocycles. The Morgan fingerprint density at radius 2 is 1.85 bits per heavy atom. The summed E-state index contributed by atoms with van der Waals surface area (Å²) in [6.45, 7) is 8.67. The van der Waals surface area contributed by atoms with Crippen LogP contribution >= 0.6 is 8.03 Å². The Kier molecular flexibility index (Phi) is 8.34. The molecule has 0 heterocycles. The molecule has 0 rings (SSSR count). The van der Waals surface area contributed by atoms with Crippen molar-refractivity contribution in [3.63, 3.8) is 0 Å². The highest BCUT2D eigenvalue weighted by molar-refractivity contribution is 7.38. The number of nitrogens with one attached hydrogen (secondary N) is 1. The summed E-state index contributed by atoms with van der Waals surface area (Å²) < 4.78 is 25.3. The molecule has 0 aliphatic heterocycles. The lowest BCUT2D eigenvalue weighted by molar-refractivity contribution is -0.174. The van der Waals surface area contributed by atoms with Crippen molar-refractivity contribution in [2.75, 3.05) is 19.8 Å². The maximum Gasteiger partial charge on any atom is 0.504 e. The van der Waals surface area contributed by atoms with Crippen LogP contribution in [0.2, 0.25) is 0 Å². The van der Waals surface area contributed by atoms with Gasteiger partial charge in [0.05, 0.1) is 5.41 Å². The SMILES string of the molecule is CC(OC(=O)NCCCO[P+](C)=O)OC(=O)C(C)(C)C. The van der Waals surface area contributed by atoms with E-state index in [1.165, 1.54) is 13.6 Å². The highest BCUT2D eigenvalue weighted by Crippen LogP contribution is 2.16. The molecule has 8 heteroatoms. The summed E-state index contributed by atoms with van der Waals surface area (Å²) >= 11 is 0. The molecule has 1 N–H and O–H groups in total. The fourth-order valence-corrected chi connectivity index (χ4v) is 1.39. The normalized spacial score (nSPS) is 13.3. The smallest absolute Gasteiger partial charge is 0.425 e. The minimum Gasteiger partial charge on any atom is -0.425 e. The van der Waals surface area contributed by atoms with Crippen LogP contribution in [0.3, 0.4) is 0 Å². The third-order valence-electron chi connectivity index (χ3n) is 2.02. The predicted molar refractivity (Wildman–Crippen MR) is 73.6 cm³/mol. The lowest BCUT2D eigenvalue weighted by atomic mass is 9.97. The predicted octanol–water partition coefficient (Wildman–Crippen LogP) is 2.43. The van der Waals surface area contributed by atoms with Gasteiger partial charge >= 0.3 is 20.1 Å². The maximum absolute atomic E-state index is 11.5. The molecule has 2 atom stereocenters. The van der Waals surface area contributed by atoms with Gasteiger partial charge in [-0.1, -0.05) is 0 Å². The first kappa shape index (κ1) is 18.8. The van der Waals surface area contributed by atoms with Crippen LogP contribution in [0.5, 0.6) is 0 Å². The number of carbonyl (C=O) groups excluding carboxylic acids is 2. The van der Waals surface area contributed by atoms with Gasteiger partial charge in [-0.05, 0) is 31.8 Å². The van der Waals surface area contributed by atoms with Crippen molar-refractivity contribution in [1.29, 1.82) is 0 Å². The van der Waals surface area contributed by atoms with Crippen LogP contribution in [0.4, 0.5) is 4.79 Å². The van der Waals surface area contributed by atoms with Gasteiger partial charge in [0, 0.05) is 13.5 Å². The van der Waals surface area contributed by atoms with E-state index in [0.717, 1.165) is 0 Å². The van der Waals surface area contributed by atoms with Crippen LogP contribution in [0.25, 0.3) is 0 Å². The molecule has 0 aromatic carbocycles. The van der Waals surface area contributed by atoms with Gasteiger partial charge in [0.25, 0.3) is 0 Å². The van der Waals surface area contributed by atoms with E-state index >= 15 is 0 Å². The van der Waals surface area contributed by atoms with Crippen LogP contribution in [0.15, 0.2) is 0 Å². The molecular formula is C12H23NO6P+. The number of hydrogen-bond acceptors (Lipinski definition) is 6. The molecule has 0 aromatic heterocycles. The lowest BCUT2D eigenvalue weighted by Gasteiger charge is -2.20. The largest absolute Gasteiger partial charge is 0.504 e. The number of alkyl carbamates (subject to hydrolysis) is 1. The zero-order valence-electron chi connectivity index (χ0n) is 12.6. The number of ether oxygens (including phenoxy) is 2. The zero-order valence-corrected chi connectivity index (χ0v) is 13.5. The fraction of sp³-hybridized carbons (Fsp3) is 0.833. The summed E-state index contributed by atoms with van der Waals surface area (Å²) in [5, 5.41) is 2.47. The van der Waals surface area contributed by atoms with Crippen LogP contribution in [-0.2, 0) is 23.4 Å². The van der Waals surface area contributed by atoms with Gasteiger partial charge in [0.15, 0.2) is 6.66 Å². The first-order valence-electron chi connectivity index (χ1n) is 6.32. The number of rotatable bonds is 7. The summed E-state index contributed by atoms with van der Waals surface area (Å²) in [4.78, 5) is 22.9. The number of esters is 1. The van der Waals surface area contributed by atoms with Gasteiger partial charge in [-0.25, -0.2) is 4.79 Å². The van der Waals surface area contributed by atoms with Crippen molar-refractivity contribution in [3.05, 3.63) is 0 Å². The fourth-order valence-electron chi connectivity index (χ4n) is 1.000. The van der Waals surface area contributed by atoms with Gasteiger partial charge < -0.3 is 14.8 Å². The zero-order chi connectivity index (χ0) is 15.8. The van der Waals surface area contributed by atoms with Gasteiger partial charge in [0.2, 0.25) is 6.29 Å². The van der Waals surface area contributed by atoms with E-state index in [9.17, 15) is 14.2 Å². The van der Waals surface area contributed by atoms with Crippen LogP contribution < -0.4 is 5.32 Å². The van der Waals surface area contributed by atoms with Gasteiger partial charge in [-0.3, -0.25) is 4.79 Å². The molecule has 1 amide bonds. The third kappa shape index (κ3) is 9.69. The van der Waals surface area contributed by atoms with E-state index in [0.29, 0.717) is 19.6 Å². The van der Waals surface area contributed by atoms with Gasteiger partial charge in [-0.2, -0.15) is 0 Å². The first-order valence-corrected chi connectivity index (χ1v) is 7.94. The van der Waals surface area contributed by atoms with E-state index < -0.39 is 31.8 Å². The molecule has 0 saturated heterocycles. The Labute approximate surface area is 120 Å². The van der Waals surface area contributed by atoms with Crippen molar-refractivity contribution in [1.82, 2.24) is 5.32 Å². The van der Waals surface area contributed by atoms with Crippen molar-refractivity contribution in [2.45, 2.75) is 40.4 Å². The van der Waals surface area contributed by atoms with E-state index in [2.05, 4.69) is 5.32 Å². The molecule has 0 spiro atoms. The Morgan fingerprint density at radius 3 is 2.35 bits per heavy atom. The van der Waals surface area contributed by atoms with Crippen molar-refractivity contribution in [3.8, 4) is 0 Å². The summed E-state index contributed by atoms with van der Waals surface area (Å²) in [5.41, 5.74) is -0.651. The van der Waals surface area contributed by atoms with Gasteiger partial charge in [0.1, 0.15) is 6.61 Å². The average molecular weight is 308 g/mol. The Hall–Kier alpha value is -1.20. The second-order valence-corrected chi connectivity index (χ2v) is 6.32. The second kappa shape index (κ2) is 8.87. The molecule has 0 fully saturated rings. The summed E-state index contributed by atoms with van der Waals surface area (Å²) in [7, 11) is -1.62. The first-order chi connectivity index (χ1) is 9.12. The van der Waals surface area contributed by atoms with Crippen LogP contribution in [0.1, 0.15) is 34.1 Å². The molecular weight excluding hydrogens is 285 g/mol. The Morgan fingerprint density at radius 1 is 1.25 bits per heavy atom. The van der Waals surface area contributed by atoms with Crippen LogP contribution in [0, 0.1) is 5.41 Å². The number of hydrogen-bond donors (Lipinski definition) is 1. The summed E-state index contributed by atoms with van der Waals surface area (Å²) in [5.74, 6) is -0.446. The molecule has 20 heavy (non-hydrogen) atoms. The Balaban J connectivity index is 3.80. The topological polar surface area (TPSA) is 90.9 Å². The highest BCUT2D eigenvalue weighted by Gasteiger charge is 2.26. The molecule has 116 valence electrons. The van der Waals surface area contributed by atoms with Crippen molar-refractivity contribution >= 4 is 20.1 Å². The minimum absolute atomic E-state index is 0.292. The standard InChI is InChI=1S/C12H22NO6P/c1-9(18-10(14)12(2,3)4)19-11(15)13-7-6-8-17-20(5)16/h9H,6-8H2,1-5H3/p+1. The molecule has 0 radical (unpaired) electrons. The molecule has 0 aliphatic rings. The minimum atomic E-state index is -1.62. The van der Waals surface area contributed by atoms with E-state index in [4.69, 9.17) is 14.0 Å². The summed E-state index contributed by atoms with van der Waals surface area (Å²) in [6, 6.07) is 0. The Bertz CT molecular complexity index is 352. The quantitative estimate of drug-likeness (QED) is 0.336. The van der Waals surface area contributed by atoms with E-state index in [1.807, 2.05) is 0 Å². The molecule has 2 unspecified atom stereocenters. The van der Waals surface area contributed by atoms with E-state index in [-0.39, 0.29) is 0 Å².